The van der Waals surface area contributed by atoms with Gasteiger partial charge in [-0.1, -0.05) is 388 Å². The summed E-state index contributed by atoms with van der Waals surface area (Å²) in [7, 11) is 8.77. The Hall–Kier alpha value is -18.0. The Labute approximate surface area is 820 Å². The van der Waals surface area contributed by atoms with Crippen molar-refractivity contribution in [3.8, 4) is 111 Å². The Morgan fingerprint density at radius 1 is 0.127 bits per heavy atom. The third-order valence-electron chi connectivity index (χ3n) is 33.5. The van der Waals surface area contributed by atoms with Gasteiger partial charge in [-0.2, -0.15) is 0 Å². The molecule has 660 valence electrons. The van der Waals surface area contributed by atoms with E-state index >= 15 is 0 Å². The van der Waals surface area contributed by atoms with E-state index in [4.69, 9.17) is 0 Å². The maximum atomic E-state index is 2.51. The molecule has 0 saturated carbocycles. The Bertz CT molecular complexity index is 10100. The zero-order valence-electron chi connectivity index (χ0n) is 78.7. The third kappa shape index (κ3) is 10.4. The summed E-state index contributed by atoms with van der Waals surface area (Å²) in [5.74, 6) is 0. The van der Waals surface area contributed by atoms with Crippen LogP contribution in [0, 0.1) is 0 Å². The molecule has 4 heteroatoms. The first-order chi connectivity index (χ1) is 70.1. The summed E-state index contributed by atoms with van der Waals surface area (Å²) in [6.45, 7) is 0. The predicted octanol–water partition coefficient (Wildman–Crippen LogP) is 35.6. The van der Waals surface area contributed by atoms with Gasteiger partial charge >= 0.3 is 0 Å². The molecule has 32 rings (SSSR count). The van der Waals surface area contributed by atoms with Crippen molar-refractivity contribution in [3.05, 3.63) is 506 Å². The van der Waals surface area contributed by atoms with Crippen LogP contribution in [0.4, 0.5) is 0 Å². The Morgan fingerprint density at radius 2 is 0.366 bits per heavy atom. The van der Waals surface area contributed by atoms with Gasteiger partial charge in [0.05, 0.1) is 10.8 Å². The van der Waals surface area contributed by atoms with Gasteiger partial charge in [0, 0.05) is 115 Å². The van der Waals surface area contributed by atoms with E-state index in [1.54, 1.807) is 0 Å². The van der Waals surface area contributed by atoms with Crippen LogP contribution < -0.4 is 0 Å². The van der Waals surface area contributed by atoms with Crippen molar-refractivity contribution < 1.29 is 0 Å². The molecule has 24 aromatic carbocycles. The maximum Gasteiger partial charge on any atom is 0.0725 e. The fraction of sp³-hybridized carbons (Fsp3) is 0.0435. The fourth-order valence-electron chi connectivity index (χ4n) is 27.6. The lowest BCUT2D eigenvalue weighted by Crippen LogP contribution is -2.25. The molecule has 0 atom stereocenters. The summed E-state index contributed by atoms with van der Waals surface area (Å²) < 4.78 is 9.36. The van der Waals surface area contributed by atoms with E-state index < -0.39 is 10.8 Å². The molecule has 4 aliphatic carbocycles. The van der Waals surface area contributed by atoms with E-state index in [1.165, 1.54) is 308 Å². The topological polar surface area (TPSA) is 19.7 Å². The molecule has 0 amide bonds. The highest BCUT2D eigenvalue weighted by Crippen LogP contribution is 2.69. The summed E-state index contributed by atoms with van der Waals surface area (Å²) >= 11 is 0. The highest BCUT2D eigenvalue weighted by Gasteiger charge is 2.55. The van der Waals surface area contributed by atoms with Crippen LogP contribution in [0.15, 0.2) is 461 Å². The minimum atomic E-state index is -0.490. The van der Waals surface area contributed by atoms with Crippen LogP contribution in [0.2, 0.25) is 0 Å². The molecule has 142 heavy (non-hydrogen) atoms. The van der Waals surface area contributed by atoms with Crippen molar-refractivity contribution in [1.29, 1.82) is 0 Å². The molecule has 4 heterocycles. The smallest absolute Gasteiger partial charge is 0.0725 e. The van der Waals surface area contributed by atoms with E-state index in [-0.39, 0.29) is 0 Å². The minimum Gasteiger partial charge on any atom is -0.344 e. The first-order valence-corrected chi connectivity index (χ1v) is 49.7. The van der Waals surface area contributed by atoms with Crippen molar-refractivity contribution in [2.24, 2.45) is 28.2 Å². The van der Waals surface area contributed by atoms with Crippen molar-refractivity contribution in [3.63, 3.8) is 0 Å². The number of rotatable bonds is 6. The van der Waals surface area contributed by atoms with Crippen LogP contribution in [-0.4, -0.2) is 18.3 Å². The second-order valence-electron chi connectivity index (χ2n) is 39.9. The van der Waals surface area contributed by atoms with Crippen LogP contribution in [0.3, 0.4) is 0 Å². The lowest BCUT2D eigenvalue weighted by Gasteiger charge is -2.30. The Morgan fingerprint density at radius 3 is 0.725 bits per heavy atom. The minimum absolute atomic E-state index is 0.489. The SMILES string of the molecule is Cn1c2ccccc2c2cc(-c3cccc4c(-c5cccc6c5-c5c(ccc7ccccc57)C65c6ccccc6-c6ccccc65)c5cccc(-c6ccc7c(c6)c6ccccc6n7C)c5cc34)ccc21.Cn1c2ccccc2c2ccc(-c3cccc4c(-c5cccc6c5-c5c(ccc7ccccc57)C65c6ccccc6-c6ccccc65)c5cccc(-c6ccc7c8ccccc8n(C)c7c6)c5cc34)cc21. The van der Waals surface area contributed by atoms with Gasteiger partial charge < -0.3 is 18.3 Å². The quantitative estimate of drug-likeness (QED) is 0.148. The highest BCUT2D eigenvalue weighted by atomic mass is 15.0. The van der Waals surface area contributed by atoms with E-state index in [9.17, 15) is 0 Å². The molecule has 0 unspecified atom stereocenters. The first kappa shape index (κ1) is 79.1. The lowest BCUT2D eigenvalue weighted by atomic mass is 9.70. The van der Waals surface area contributed by atoms with Gasteiger partial charge in [0.1, 0.15) is 0 Å². The largest absolute Gasteiger partial charge is 0.344 e. The van der Waals surface area contributed by atoms with E-state index in [0.717, 1.165) is 0 Å². The summed E-state index contributed by atoms with van der Waals surface area (Å²) in [6.07, 6.45) is 0. The molecule has 0 N–H and O–H groups in total. The average molecular weight is 1800 g/mol. The number of nitrogens with zero attached hydrogens (tertiary/aromatic N) is 4. The third-order valence-corrected chi connectivity index (χ3v) is 33.5. The lowest BCUT2D eigenvalue weighted by molar-refractivity contribution is 0.794. The van der Waals surface area contributed by atoms with Crippen LogP contribution in [0.1, 0.15) is 44.5 Å². The molecular formula is C138H88N4. The van der Waals surface area contributed by atoms with Crippen LogP contribution in [-0.2, 0) is 39.0 Å². The predicted molar refractivity (Wildman–Crippen MR) is 599 cm³/mol. The van der Waals surface area contributed by atoms with Crippen LogP contribution in [0.25, 0.3) is 263 Å². The Kier molecular flexibility index (Phi) is 16.3. The van der Waals surface area contributed by atoms with Crippen molar-refractivity contribution in [1.82, 2.24) is 18.3 Å². The number of aromatic nitrogens is 4. The van der Waals surface area contributed by atoms with Crippen LogP contribution in [0.5, 0.6) is 0 Å². The molecule has 0 fully saturated rings. The van der Waals surface area contributed by atoms with Gasteiger partial charge in [0.2, 0.25) is 0 Å². The molecule has 2 spiro atoms. The van der Waals surface area contributed by atoms with Gasteiger partial charge in [0.25, 0.3) is 0 Å². The van der Waals surface area contributed by atoms with Crippen molar-refractivity contribution in [2.45, 2.75) is 10.8 Å². The summed E-state index contributed by atoms with van der Waals surface area (Å²) in [4.78, 5) is 0. The van der Waals surface area contributed by atoms with E-state index in [2.05, 4.69) is 508 Å². The summed E-state index contributed by atoms with van der Waals surface area (Å²) in [5.41, 5.74) is 45.2. The number of hydrogen-bond donors (Lipinski definition) is 0. The molecule has 0 bridgehead atoms. The fourth-order valence-corrected chi connectivity index (χ4v) is 27.6. The van der Waals surface area contributed by atoms with Gasteiger partial charge in [-0.05, 0) is 293 Å². The first-order valence-electron chi connectivity index (χ1n) is 49.7. The monoisotopic (exact) mass is 1800 g/mol. The molecule has 0 saturated heterocycles. The number of fused-ring (bicyclic) bond motifs is 40. The number of aryl methyl sites for hydroxylation is 4. The molecule has 28 aromatic rings. The molecule has 4 aliphatic rings. The summed E-state index contributed by atoms with van der Waals surface area (Å²) in [5, 5.41) is 25.3. The standard InChI is InChI=1S/2C69H44N2/c1-70-62-30-11-7-20-49(62)51-35-32-42(38-64(51)70)44-22-13-24-53-56(44)40-57-45(43-33-36-52-50-21-8-12-31-63(50)71(2)65(52)39-43)23-14-25-54(57)66(53)55-26-15-29-60-68(55)67-46-17-4-3-16-41(46)34-37-61(67)69(60)58-27-9-5-18-47(58)48-19-6-10-28-59(48)69;1-70-62-30-11-7-20-49(62)56-38-42(33-36-64(56)70)44-22-13-24-51-54(44)40-55-45(43-34-37-65-57(39-43)50-21-8-12-31-63(50)71(65)2)23-14-25-52(55)66(51)53-26-15-29-60-68(53)67-46-17-4-3-16-41(46)32-35-61(67)69(60)58-27-9-5-18-47(58)48-19-6-10-28-59(48)69/h2*3-40H,1-2H3. The van der Waals surface area contributed by atoms with E-state index in [0.29, 0.717) is 0 Å². The van der Waals surface area contributed by atoms with Gasteiger partial charge in [-0.3, -0.25) is 0 Å². The van der Waals surface area contributed by atoms with E-state index in [1.807, 2.05) is 0 Å². The number of benzene rings is 24. The van der Waals surface area contributed by atoms with Crippen molar-refractivity contribution in [2.75, 3.05) is 0 Å². The zero-order chi connectivity index (χ0) is 93.4. The number of hydrogen-bond acceptors (Lipinski definition) is 0. The zero-order valence-corrected chi connectivity index (χ0v) is 78.7. The average Bonchev–Trinajstić information content (AvgIpc) is 1.50. The molecule has 0 radical (unpaired) electrons. The van der Waals surface area contributed by atoms with Crippen molar-refractivity contribution >= 4 is 152 Å². The number of para-hydroxylation sites is 4. The van der Waals surface area contributed by atoms with Gasteiger partial charge in [0.15, 0.2) is 0 Å². The van der Waals surface area contributed by atoms with Gasteiger partial charge in [-0.15, -0.1) is 0 Å². The second kappa shape index (κ2) is 29.3. The highest BCUT2D eigenvalue weighted by molar-refractivity contribution is 6.27. The molecule has 4 nitrogen and oxygen atoms in total. The Balaban J connectivity index is 0.000000130. The molecule has 0 aliphatic heterocycles. The second-order valence-corrected chi connectivity index (χ2v) is 39.9. The van der Waals surface area contributed by atoms with Gasteiger partial charge in [-0.25, -0.2) is 0 Å². The van der Waals surface area contributed by atoms with Crippen LogP contribution >= 0.6 is 0 Å². The molecular weight excluding hydrogens is 1710 g/mol. The maximum absolute atomic E-state index is 2.51. The normalized spacial score (nSPS) is 13.3. The summed E-state index contributed by atoms with van der Waals surface area (Å²) in [6, 6.07) is 175. The molecule has 4 aromatic heterocycles.